The predicted molar refractivity (Wildman–Crippen MR) is 110 cm³/mol. The maximum Gasteiger partial charge on any atom is 0.233 e. The molecule has 1 aliphatic carbocycles. The van der Waals surface area contributed by atoms with Gasteiger partial charge in [-0.05, 0) is 43.4 Å². The summed E-state index contributed by atoms with van der Waals surface area (Å²) in [6, 6.07) is 5.21. The summed E-state index contributed by atoms with van der Waals surface area (Å²) in [5.74, 6) is 0.972. The van der Waals surface area contributed by atoms with Crippen LogP contribution in [-0.2, 0) is 11.3 Å². The third-order valence-corrected chi connectivity index (χ3v) is 6.26. The number of methoxy groups -OCH3 is 1. The molecular weight excluding hydrogens is 393 g/mol. The lowest BCUT2D eigenvalue weighted by molar-refractivity contribution is -0.127. The molecule has 1 aromatic heterocycles. The van der Waals surface area contributed by atoms with Crippen LogP contribution in [0.4, 0.5) is 10.3 Å². The van der Waals surface area contributed by atoms with E-state index in [1.807, 2.05) is 0 Å². The summed E-state index contributed by atoms with van der Waals surface area (Å²) in [6.45, 7) is 2.39. The summed E-state index contributed by atoms with van der Waals surface area (Å²) in [4.78, 5) is 16.5. The number of ether oxygens (including phenoxy) is 1. The lowest BCUT2D eigenvalue weighted by Gasteiger charge is -2.19. The quantitative estimate of drug-likeness (QED) is 0.613. The lowest BCUT2D eigenvalue weighted by Crippen LogP contribution is -2.28. The van der Waals surface area contributed by atoms with E-state index in [2.05, 4.69) is 19.7 Å². The number of carbonyl (C=O) groups is 1. The Kier molecular flexibility index (Phi) is 5.94. The number of hydrogen-bond acceptors (Lipinski definition) is 6. The van der Waals surface area contributed by atoms with Gasteiger partial charge in [-0.1, -0.05) is 17.8 Å². The van der Waals surface area contributed by atoms with Crippen LogP contribution >= 0.6 is 11.8 Å². The van der Waals surface area contributed by atoms with Gasteiger partial charge in [-0.25, -0.2) is 4.39 Å². The molecule has 1 amide bonds. The van der Waals surface area contributed by atoms with Gasteiger partial charge in [0.25, 0.3) is 0 Å². The summed E-state index contributed by atoms with van der Waals surface area (Å²) >= 11 is 1.43. The van der Waals surface area contributed by atoms with Crippen LogP contribution in [0, 0.1) is 5.82 Å². The summed E-state index contributed by atoms with van der Waals surface area (Å²) in [5, 5.41) is 9.60. The number of carbonyl (C=O) groups excluding carboxylic acids is 1. The number of nitrogens with zero attached hydrogens (tertiary/aromatic N) is 5. The van der Waals surface area contributed by atoms with Gasteiger partial charge in [0.05, 0.1) is 12.9 Å². The summed E-state index contributed by atoms with van der Waals surface area (Å²) in [7, 11) is 3.16. The highest BCUT2D eigenvalue weighted by molar-refractivity contribution is 7.99. The van der Waals surface area contributed by atoms with Crippen LogP contribution in [0.2, 0.25) is 0 Å². The first-order valence-corrected chi connectivity index (χ1v) is 10.9. The first kappa shape index (κ1) is 20.0. The number of benzene rings is 1. The van der Waals surface area contributed by atoms with Crippen molar-refractivity contribution in [2.24, 2.45) is 0 Å². The van der Waals surface area contributed by atoms with Crippen molar-refractivity contribution in [3.8, 4) is 5.75 Å². The number of aromatic nitrogens is 3. The van der Waals surface area contributed by atoms with Gasteiger partial charge in [0.15, 0.2) is 16.7 Å². The van der Waals surface area contributed by atoms with E-state index in [0.717, 1.165) is 42.6 Å². The summed E-state index contributed by atoms with van der Waals surface area (Å²) in [5.41, 5.74) is 0.724. The van der Waals surface area contributed by atoms with Crippen molar-refractivity contribution in [2.45, 2.75) is 43.4 Å². The zero-order chi connectivity index (χ0) is 20.4. The molecule has 2 aliphatic rings. The minimum absolute atomic E-state index is 0.0284. The smallest absolute Gasteiger partial charge is 0.233 e. The van der Waals surface area contributed by atoms with Gasteiger partial charge in [0, 0.05) is 32.7 Å². The van der Waals surface area contributed by atoms with Crippen LogP contribution < -0.4 is 9.64 Å². The van der Waals surface area contributed by atoms with Crippen LogP contribution in [-0.4, -0.2) is 58.6 Å². The maximum atomic E-state index is 13.9. The average molecular weight is 420 g/mol. The van der Waals surface area contributed by atoms with Gasteiger partial charge >= 0.3 is 0 Å². The number of anilines is 1. The molecule has 0 atom stereocenters. The van der Waals surface area contributed by atoms with E-state index < -0.39 is 5.82 Å². The van der Waals surface area contributed by atoms with Crippen molar-refractivity contribution >= 4 is 23.6 Å². The minimum Gasteiger partial charge on any atom is -0.494 e. The molecule has 0 radical (unpaired) electrons. The second kappa shape index (κ2) is 8.61. The zero-order valence-electron chi connectivity index (χ0n) is 16.8. The molecule has 0 spiro atoms. The Morgan fingerprint density at radius 3 is 2.72 bits per heavy atom. The molecule has 1 aliphatic heterocycles. The Balaban J connectivity index is 1.37. The molecule has 2 aromatic rings. The second-order valence-electron chi connectivity index (χ2n) is 7.59. The summed E-state index contributed by atoms with van der Waals surface area (Å²) in [6.07, 6.45) is 4.66. The number of amides is 1. The maximum absolute atomic E-state index is 13.9. The molecule has 1 saturated carbocycles. The van der Waals surface area contributed by atoms with Crippen LogP contribution in [0.25, 0.3) is 0 Å². The van der Waals surface area contributed by atoms with Crippen LogP contribution in [0.3, 0.4) is 0 Å². The van der Waals surface area contributed by atoms with Gasteiger partial charge in [-0.3, -0.25) is 9.36 Å². The van der Waals surface area contributed by atoms with Gasteiger partial charge in [-0.2, -0.15) is 0 Å². The molecule has 156 valence electrons. The number of thioether (sulfide) groups is 1. The molecular formula is C20H26FN5O2S. The van der Waals surface area contributed by atoms with Crippen molar-refractivity contribution in [2.75, 3.05) is 37.9 Å². The number of hydrogen-bond donors (Lipinski definition) is 0. The molecule has 1 aromatic carbocycles. The molecule has 2 heterocycles. The van der Waals surface area contributed by atoms with E-state index in [4.69, 9.17) is 4.74 Å². The highest BCUT2D eigenvalue weighted by Gasteiger charge is 2.32. The molecule has 0 unspecified atom stereocenters. The normalized spacial score (nSPS) is 16.3. The van der Waals surface area contributed by atoms with E-state index in [-0.39, 0.29) is 17.4 Å². The van der Waals surface area contributed by atoms with E-state index in [9.17, 15) is 9.18 Å². The average Bonchev–Trinajstić information content (AvgIpc) is 3.23. The molecule has 29 heavy (non-hydrogen) atoms. The Labute approximate surface area is 174 Å². The van der Waals surface area contributed by atoms with Gasteiger partial charge in [-0.15, -0.1) is 10.2 Å². The van der Waals surface area contributed by atoms with Crippen molar-refractivity contribution in [1.29, 1.82) is 0 Å². The fraction of sp³-hybridized carbons (Fsp3) is 0.550. The van der Waals surface area contributed by atoms with Crippen molar-refractivity contribution in [3.63, 3.8) is 0 Å². The van der Waals surface area contributed by atoms with E-state index in [1.54, 1.807) is 24.1 Å². The molecule has 0 bridgehead atoms. The van der Waals surface area contributed by atoms with E-state index in [0.29, 0.717) is 12.6 Å². The molecule has 2 fully saturated rings. The van der Waals surface area contributed by atoms with Crippen LogP contribution in [0.5, 0.6) is 5.75 Å². The van der Waals surface area contributed by atoms with Crippen LogP contribution in [0.1, 0.15) is 37.3 Å². The SMILES string of the molecule is COc1ccc(CN(C)C(=O)CSc2nnc(N3CCCC3)n2C2CC2)cc1F. The first-order valence-electron chi connectivity index (χ1n) is 9.96. The Hall–Kier alpha value is -2.29. The standard InChI is InChI=1S/C20H26FN5O2S/c1-24(12-14-5-8-17(28-2)16(21)11-14)18(27)13-29-20-23-22-19(25-9-3-4-10-25)26(20)15-6-7-15/h5,8,11,15H,3-4,6-7,9-10,12-13H2,1-2H3. The summed E-state index contributed by atoms with van der Waals surface area (Å²) < 4.78 is 21.0. The largest absolute Gasteiger partial charge is 0.494 e. The van der Waals surface area contributed by atoms with Crippen molar-refractivity contribution in [3.05, 3.63) is 29.6 Å². The molecule has 1 saturated heterocycles. The fourth-order valence-electron chi connectivity index (χ4n) is 3.56. The van der Waals surface area contributed by atoms with Crippen molar-refractivity contribution < 1.29 is 13.9 Å². The Bertz CT molecular complexity index is 880. The van der Waals surface area contributed by atoms with E-state index in [1.165, 1.54) is 37.8 Å². The van der Waals surface area contributed by atoms with Gasteiger partial charge in [0.2, 0.25) is 11.9 Å². The van der Waals surface area contributed by atoms with Crippen LogP contribution in [0.15, 0.2) is 23.4 Å². The second-order valence-corrected chi connectivity index (χ2v) is 8.53. The number of halogens is 1. The highest BCUT2D eigenvalue weighted by atomic mass is 32.2. The topological polar surface area (TPSA) is 63.5 Å². The molecule has 0 N–H and O–H groups in total. The Morgan fingerprint density at radius 1 is 1.31 bits per heavy atom. The third-order valence-electron chi connectivity index (χ3n) is 5.33. The zero-order valence-corrected chi connectivity index (χ0v) is 17.6. The molecule has 4 rings (SSSR count). The fourth-order valence-corrected chi connectivity index (χ4v) is 4.50. The minimum atomic E-state index is -0.424. The lowest BCUT2D eigenvalue weighted by atomic mass is 10.2. The Morgan fingerprint density at radius 2 is 2.07 bits per heavy atom. The van der Waals surface area contributed by atoms with E-state index >= 15 is 0 Å². The monoisotopic (exact) mass is 419 g/mol. The van der Waals surface area contributed by atoms with Crippen molar-refractivity contribution in [1.82, 2.24) is 19.7 Å². The van der Waals surface area contributed by atoms with Gasteiger partial charge in [0.1, 0.15) is 0 Å². The van der Waals surface area contributed by atoms with Gasteiger partial charge < -0.3 is 14.5 Å². The third kappa shape index (κ3) is 4.49. The molecule has 9 heteroatoms. The molecule has 7 nitrogen and oxygen atoms in total. The highest BCUT2D eigenvalue weighted by Crippen LogP contribution is 2.41. The number of rotatable bonds is 8. The predicted octanol–water partition coefficient (Wildman–Crippen LogP) is 3.11. The first-order chi connectivity index (χ1) is 14.1.